The molecule has 0 N–H and O–H groups in total. The number of methoxy groups -OCH3 is 2. The molecule has 8 heteroatoms. The van der Waals surface area contributed by atoms with Gasteiger partial charge in [0.2, 0.25) is 0 Å². The van der Waals surface area contributed by atoms with Crippen molar-refractivity contribution in [3.8, 4) is 17.2 Å². The first-order chi connectivity index (χ1) is 19.3. The predicted octanol–water partition coefficient (Wildman–Crippen LogP) is 6.80. The number of carbonyl (C=O) groups is 3. The van der Waals surface area contributed by atoms with Crippen molar-refractivity contribution in [3.05, 3.63) is 59.7 Å². The van der Waals surface area contributed by atoms with E-state index in [1.54, 1.807) is 48.5 Å². The van der Waals surface area contributed by atoms with Crippen molar-refractivity contribution in [2.75, 3.05) is 27.4 Å². The van der Waals surface area contributed by atoms with Crippen molar-refractivity contribution >= 4 is 24.0 Å². The van der Waals surface area contributed by atoms with Crippen LogP contribution in [0.2, 0.25) is 0 Å². The monoisotopic (exact) mass is 554 g/mol. The molecule has 0 aliphatic rings. The van der Waals surface area contributed by atoms with Gasteiger partial charge in [0.15, 0.2) is 11.5 Å². The fourth-order valence-corrected chi connectivity index (χ4v) is 4.01. The molecular formula is C32H42O8. The number of rotatable bonds is 17. The lowest BCUT2D eigenvalue weighted by Crippen LogP contribution is -2.29. The van der Waals surface area contributed by atoms with Gasteiger partial charge in [0.25, 0.3) is 0 Å². The van der Waals surface area contributed by atoms with Crippen LogP contribution < -0.4 is 14.2 Å². The van der Waals surface area contributed by atoms with Gasteiger partial charge in [0.05, 0.1) is 38.4 Å². The highest BCUT2D eigenvalue weighted by molar-refractivity contribution is 5.91. The maximum absolute atomic E-state index is 12.6. The zero-order valence-corrected chi connectivity index (χ0v) is 24.3. The highest BCUT2D eigenvalue weighted by atomic mass is 16.6. The second kappa shape index (κ2) is 17.0. The first-order valence-electron chi connectivity index (χ1n) is 13.8. The SMILES string of the molecule is CCCC(C)(CC)C(=O)OCCCCCCOc1ccc(C(=O)Oc2ccc(/C=C/C(=O)OC)cc2OC)cc1. The maximum Gasteiger partial charge on any atom is 0.343 e. The third-order valence-corrected chi connectivity index (χ3v) is 6.71. The summed E-state index contributed by atoms with van der Waals surface area (Å²) in [4.78, 5) is 36.3. The number of ether oxygens (including phenoxy) is 5. The van der Waals surface area contributed by atoms with Gasteiger partial charge in [-0.15, -0.1) is 0 Å². The largest absolute Gasteiger partial charge is 0.494 e. The van der Waals surface area contributed by atoms with Gasteiger partial charge in [-0.2, -0.15) is 0 Å². The molecule has 2 aromatic rings. The predicted molar refractivity (Wildman–Crippen MR) is 154 cm³/mol. The lowest BCUT2D eigenvalue weighted by Gasteiger charge is -2.25. The molecule has 0 aliphatic carbocycles. The van der Waals surface area contributed by atoms with Gasteiger partial charge < -0.3 is 23.7 Å². The van der Waals surface area contributed by atoms with Crippen LogP contribution in [0.3, 0.4) is 0 Å². The molecule has 40 heavy (non-hydrogen) atoms. The van der Waals surface area contributed by atoms with Gasteiger partial charge >= 0.3 is 17.9 Å². The van der Waals surface area contributed by atoms with Crippen LogP contribution in [0.1, 0.15) is 81.6 Å². The number of carbonyl (C=O) groups excluding carboxylic acids is 3. The lowest BCUT2D eigenvalue weighted by molar-refractivity contribution is -0.155. The number of hydrogen-bond donors (Lipinski definition) is 0. The van der Waals surface area contributed by atoms with E-state index in [-0.39, 0.29) is 17.1 Å². The molecular weight excluding hydrogens is 512 g/mol. The third-order valence-electron chi connectivity index (χ3n) is 6.71. The second-order valence-corrected chi connectivity index (χ2v) is 9.74. The molecule has 0 saturated carbocycles. The molecule has 0 amide bonds. The molecule has 0 aromatic heterocycles. The molecule has 0 aliphatic heterocycles. The van der Waals surface area contributed by atoms with Gasteiger partial charge in [-0.05, 0) is 93.5 Å². The van der Waals surface area contributed by atoms with E-state index in [1.807, 2.05) is 13.8 Å². The van der Waals surface area contributed by atoms with Crippen LogP contribution >= 0.6 is 0 Å². The molecule has 2 aromatic carbocycles. The third kappa shape index (κ3) is 10.4. The van der Waals surface area contributed by atoms with Gasteiger partial charge in [0.1, 0.15) is 5.75 Å². The Bertz CT molecular complexity index is 1120. The summed E-state index contributed by atoms with van der Waals surface area (Å²) in [5, 5.41) is 0. The van der Waals surface area contributed by atoms with Crippen LogP contribution in [-0.2, 0) is 19.1 Å². The minimum Gasteiger partial charge on any atom is -0.494 e. The highest BCUT2D eigenvalue weighted by Gasteiger charge is 2.31. The minimum absolute atomic E-state index is 0.0885. The quantitative estimate of drug-likeness (QED) is 0.0911. The fraction of sp³-hybridized carbons (Fsp3) is 0.469. The first kappa shape index (κ1) is 32.4. The van der Waals surface area contributed by atoms with Gasteiger partial charge in [-0.3, -0.25) is 4.79 Å². The van der Waals surface area contributed by atoms with Crippen LogP contribution in [0.5, 0.6) is 17.2 Å². The van der Waals surface area contributed by atoms with Crippen LogP contribution in [0.4, 0.5) is 0 Å². The summed E-state index contributed by atoms with van der Waals surface area (Å²) >= 11 is 0. The smallest absolute Gasteiger partial charge is 0.343 e. The van der Waals surface area contributed by atoms with E-state index < -0.39 is 11.9 Å². The van der Waals surface area contributed by atoms with Crippen LogP contribution in [0, 0.1) is 5.41 Å². The molecule has 2 rings (SSSR count). The summed E-state index contributed by atoms with van der Waals surface area (Å²) in [6.07, 6.45) is 9.13. The van der Waals surface area contributed by atoms with E-state index in [9.17, 15) is 14.4 Å². The second-order valence-electron chi connectivity index (χ2n) is 9.74. The van der Waals surface area contributed by atoms with Gasteiger partial charge in [-0.1, -0.05) is 26.3 Å². The Morgan fingerprint density at radius 2 is 1.57 bits per heavy atom. The van der Waals surface area contributed by atoms with Crippen molar-refractivity contribution in [3.63, 3.8) is 0 Å². The van der Waals surface area contributed by atoms with Crippen LogP contribution in [0.15, 0.2) is 48.5 Å². The molecule has 1 unspecified atom stereocenters. The summed E-state index contributed by atoms with van der Waals surface area (Å²) in [6.45, 7) is 7.11. The van der Waals surface area contributed by atoms with E-state index in [0.717, 1.165) is 44.9 Å². The Morgan fingerprint density at radius 1 is 0.875 bits per heavy atom. The van der Waals surface area contributed by atoms with E-state index in [4.69, 9.17) is 18.9 Å². The Balaban J connectivity index is 1.73. The Labute approximate surface area is 237 Å². The van der Waals surface area contributed by atoms with Crippen LogP contribution in [0.25, 0.3) is 6.08 Å². The number of benzene rings is 2. The maximum atomic E-state index is 12.6. The number of esters is 3. The highest BCUT2D eigenvalue weighted by Crippen LogP contribution is 2.30. The van der Waals surface area contributed by atoms with E-state index in [2.05, 4.69) is 11.7 Å². The topological polar surface area (TPSA) is 97.4 Å². The molecule has 218 valence electrons. The summed E-state index contributed by atoms with van der Waals surface area (Å²) in [5.41, 5.74) is 0.685. The normalized spacial score (nSPS) is 12.4. The van der Waals surface area contributed by atoms with Crippen molar-refractivity contribution in [2.45, 2.75) is 65.7 Å². The standard InChI is InChI=1S/C32H42O8/c1-6-20-32(3,7-2)31(35)39-22-11-9-8-10-21-38-26-16-14-25(15-17-26)30(34)40-27-18-12-24(23-28(27)36-4)13-19-29(33)37-5/h12-19,23H,6-11,20-22H2,1-5H3/b19-13+. The molecule has 0 spiro atoms. The summed E-state index contributed by atoms with van der Waals surface area (Å²) in [5.74, 6) is 0.192. The molecule has 8 nitrogen and oxygen atoms in total. The van der Waals surface area contributed by atoms with Crippen molar-refractivity contribution < 1.29 is 38.1 Å². The summed E-state index contributed by atoms with van der Waals surface area (Å²) in [6, 6.07) is 11.7. The fourth-order valence-electron chi connectivity index (χ4n) is 4.01. The van der Waals surface area contributed by atoms with E-state index in [0.29, 0.717) is 35.8 Å². The molecule has 0 radical (unpaired) electrons. The van der Waals surface area contributed by atoms with E-state index >= 15 is 0 Å². The molecule has 0 fully saturated rings. The van der Waals surface area contributed by atoms with Crippen molar-refractivity contribution in [2.24, 2.45) is 5.41 Å². The number of unbranched alkanes of at least 4 members (excludes halogenated alkanes) is 3. The zero-order chi connectivity index (χ0) is 29.4. The van der Waals surface area contributed by atoms with E-state index in [1.165, 1.54) is 20.3 Å². The molecule has 0 heterocycles. The lowest BCUT2D eigenvalue weighted by atomic mass is 9.83. The molecule has 0 saturated heterocycles. The molecule has 0 bridgehead atoms. The van der Waals surface area contributed by atoms with Crippen LogP contribution in [-0.4, -0.2) is 45.3 Å². The zero-order valence-electron chi connectivity index (χ0n) is 24.3. The summed E-state index contributed by atoms with van der Waals surface area (Å²) < 4.78 is 26.7. The first-order valence-corrected chi connectivity index (χ1v) is 13.8. The number of hydrogen-bond acceptors (Lipinski definition) is 8. The average molecular weight is 555 g/mol. The Kier molecular flexibility index (Phi) is 13.8. The van der Waals surface area contributed by atoms with Crippen molar-refractivity contribution in [1.82, 2.24) is 0 Å². The minimum atomic E-state index is -0.530. The average Bonchev–Trinajstić information content (AvgIpc) is 2.97. The molecule has 1 atom stereocenters. The Hall–Kier alpha value is -3.81. The Morgan fingerprint density at radius 3 is 2.20 bits per heavy atom. The van der Waals surface area contributed by atoms with Crippen molar-refractivity contribution in [1.29, 1.82) is 0 Å². The van der Waals surface area contributed by atoms with Gasteiger partial charge in [0, 0.05) is 6.08 Å². The van der Waals surface area contributed by atoms with Gasteiger partial charge in [-0.25, -0.2) is 9.59 Å². The summed E-state index contributed by atoms with van der Waals surface area (Å²) in [7, 11) is 2.77.